The fourth-order valence-electron chi connectivity index (χ4n) is 1.32. The van der Waals surface area contributed by atoms with Gasteiger partial charge in [-0.05, 0) is 12.6 Å². The topological polar surface area (TPSA) is 27.7 Å². The van der Waals surface area contributed by atoms with E-state index in [1.165, 1.54) is 0 Å². The second-order valence-corrected chi connectivity index (χ2v) is 6.30. The summed E-state index contributed by atoms with van der Waals surface area (Å²) in [5, 5.41) is 1.02. The monoisotopic (exact) mass is 212 g/mol. The molecule has 0 heterocycles. The van der Waals surface area contributed by atoms with Crippen LogP contribution in [0.3, 0.4) is 0 Å². The molecule has 0 unspecified atom stereocenters. The summed E-state index contributed by atoms with van der Waals surface area (Å²) < 4.78 is 16.2. The molecular formula is C10H16O3Si. The molecule has 78 valence electrons. The number of benzene rings is 1. The van der Waals surface area contributed by atoms with E-state index in [-0.39, 0.29) is 0 Å². The minimum atomic E-state index is -2.26. The van der Waals surface area contributed by atoms with E-state index in [4.69, 9.17) is 13.6 Å². The van der Waals surface area contributed by atoms with Gasteiger partial charge in [0.05, 0.1) is 7.11 Å². The van der Waals surface area contributed by atoms with Gasteiger partial charge in [-0.1, -0.05) is 18.2 Å². The van der Waals surface area contributed by atoms with Crippen LogP contribution in [0.25, 0.3) is 0 Å². The Morgan fingerprint density at radius 2 is 1.57 bits per heavy atom. The lowest BCUT2D eigenvalue weighted by Gasteiger charge is -2.24. The Morgan fingerprint density at radius 3 is 2.07 bits per heavy atom. The van der Waals surface area contributed by atoms with E-state index < -0.39 is 8.56 Å². The third kappa shape index (κ3) is 1.97. The van der Waals surface area contributed by atoms with Crippen LogP contribution in [0.1, 0.15) is 0 Å². The number of para-hydroxylation sites is 1. The number of hydrogen-bond donors (Lipinski definition) is 0. The molecule has 0 aliphatic heterocycles. The van der Waals surface area contributed by atoms with Crippen molar-refractivity contribution in [1.82, 2.24) is 0 Å². The predicted octanol–water partition coefficient (Wildman–Crippen LogP) is 1.27. The van der Waals surface area contributed by atoms with Gasteiger partial charge >= 0.3 is 8.56 Å². The molecule has 1 aromatic rings. The van der Waals surface area contributed by atoms with Gasteiger partial charge in [0.1, 0.15) is 5.75 Å². The first kappa shape index (κ1) is 11.2. The van der Waals surface area contributed by atoms with Crippen molar-refractivity contribution in [3.05, 3.63) is 24.3 Å². The first-order valence-corrected chi connectivity index (χ1v) is 6.73. The first-order valence-electron chi connectivity index (χ1n) is 4.41. The van der Waals surface area contributed by atoms with Crippen molar-refractivity contribution in [2.75, 3.05) is 21.3 Å². The van der Waals surface area contributed by atoms with Crippen molar-refractivity contribution in [3.8, 4) is 5.75 Å². The van der Waals surface area contributed by atoms with Gasteiger partial charge in [0.15, 0.2) is 0 Å². The third-order valence-electron chi connectivity index (χ3n) is 2.38. The maximum Gasteiger partial charge on any atom is 0.372 e. The van der Waals surface area contributed by atoms with Crippen molar-refractivity contribution >= 4 is 13.7 Å². The second kappa shape index (κ2) is 4.59. The normalized spacial score (nSPS) is 11.4. The van der Waals surface area contributed by atoms with Crippen molar-refractivity contribution < 1.29 is 13.6 Å². The summed E-state index contributed by atoms with van der Waals surface area (Å²) in [4.78, 5) is 0. The van der Waals surface area contributed by atoms with E-state index in [9.17, 15) is 0 Å². The van der Waals surface area contributed by atoms with E-state index in [0.29, 0.717) is 0 Å². The van der Waals surface area contributed by atoms with Crippen LogP contribution in [0.15, 0.2) is 24.3 Å². The zero-order valence-corrected chi connectivity index (χ0v) is 10.0. The van der Waals surface area contributed by atoms with Crippen molar-refractivity contribution in [3.63, 3.8) is 0 Å². The lowest BCUT2D eigenvalue weighted by Crippen LogP contribution is -2.49. The largest absolute Gasteiger partial charge is 0.497 e. The molecule has 0 aliphatic carbocycles. The molecule has 3 nitrogen and oxygen atoms in total. The van der Waals surface area contributed by atoms with E-state index in [1.807, 2.05) is 30.8 Å². The second-order valence-electron chi connectivity index (χ2n) is 3.05. The number of rotatable bonds is 4. The average Bonchev–Trinajstić information content (AvgIpc) is 2.28. The molecule has 0 aromatic heterocycles. The fraction of sp³-hybridized carbons (Fsp3) is 0.400. The third-order valence-corrected chi connectivity index (χ3v) is 5.32. The molecule has 0 fully saturated rings. The quantitative estimate of drug-likeness (QED) is 0.703. The zero-order valence-electron chi connectivity index (χ0n) is 9.03. The van der Waals surface area contributed by atoms with E-state index in [0.717, 1.165) is 10.9 Å². The molecule has 4 heteroatoms. The minimum Gasteiger partial charge on any atom is -0.497 e. The van der Waals surface area contributed by atoms with E-state index in [2.05, 4.69) is 0 Å². The fourth-order valence-corrected chi connectivity index (χ4v) is 2.96. The van der Waals surface area contributed by atoms with Crippen LogP contribution >= 0.6 is 0 Å². The lowest BCUT2D eigenvalue weighted by molar-refractivity contribution is 0.264. The standard InChI is InChI=1S/C10H16O3Si/c1-11-9-7-5-6-8-10(9)14(4,12-2)13-3/h5-8H,1-4H3. The van der Waals surface area contributed by atoms with Gasteiger partial charge in [0.25, 0.3) is 0 Å². The summed E-state index contributed by atoms with van der Waals surface area (Å²) in [6.45, 7) is 1.99. The van der Waals surface area contributed by atoms with Crippen LogP contribution in [0.2, 0.25) is 6.55 Å². The van der Waals surface area contributed by atoms with Gasteiger partial charge in [-0.15, -0.1) is 0 Å². The predicted molar refractivity (Wildman–Crippen MR) is 58.3 cm³/mol. The highest BCUT2D eigenvalue weighted by Gasteiger charge is 2.34. The van der Waals surface area contributed by atoms with E-state index in [1.54, 1.807) is 21.3 Å². The van der Waals surface area contributed by atoms with Gasteiger partial charge in [-0.3, -0.25) is 0 Å². The Balaban J connectivity index is 3.15. The Kier molecular flexibility index (Phi) is 3.68. The summed E-state index contributed by atoms with van der Waals surface area (Å²) in [7, 11) is 2.73. The van der Waals surface area contributed by atoms with E-state index >= 15 is 0 Å². The molecule has 0 amide bonds. The minimum absolute atomic E-state index is 0.824. The highest BCUT2D eigenvalue weighted by atomic mass is 28.4. The highest BCUT2D eigenvalue weighted by Crippen LogP contribution is 2.14. The van der Waals surface area contributed by atoms with Gasteiger partial charge < -0.3 is 13.6 Å². The lowest BCUT2D eigenvalue weighted by atomic mass is 10.3. The maximum atomic E-state index is 5.45. The van der Waals surface area contributed by atoms with Gasteiger partial charge in [0.2, 0.25) is 0 Å². The summed E-state index contributed by atoms with van der Waals surface area (Å²) >= 11 is 0. The van der Waals surface area contributed by atoms with Crippen LogP contribution in [-0.4, -0.2) is 29.9 Å². The molecule has 0 N–H and O–H groups in total. The highest BCUT2D eigenvalue weighted by molar-refractivity contribution is 6.80. The average molecular weight is 212 g/mol. The number of hydrogen-bond acceptors (Lipinski definition) is 3. The van der Waals surface area contributed by atoms with Crippen LogP contribution in [0.4, 0.5) is 0 Å². The van der Waals surface area contributed by atoms with Gasteiger partial charge in [-0.2, -0.15) is 0 Å². The Bertz CT molecular complexity index is 297. The summed E-state index contributed by atoms with van der Waals surface area (Å²) in [5.74, 6) is 0.824. The first-order chi connectivity index (χ1) is 6.68. The van der Waals surface area contributed by atoms with Crippen molar-refractivity contribution in [2.45, 2.75) is 6.55 Å². The molecule has 0 saturated carbocycles. The molecule has 0 atom stereocenters. The molecule has 1 aromatic carbocycles. The van der Waals surface area contributed by atoms with Crippen molar-refractivity contribution in [2.24, 2.45) is 0 Å². The molecule has 0 saturated heterocycles. The summed E-state index contributed by atoms with van der Waals surface area (Å²) in [5.41, 5.74) is 0. The summed E-state index contributed by atoms with van der Waals surface area (Å²) in [6.07, 6.45) is 0. The number of methoxy groups -OCH3 is 1. The van der Waals surface area contributed by atoms with Crippen LogP contribution < -0.4 is 9.92 Å². The zero-order chi connectivity index (χ0) is 10.6. The molecular weight excluding hydrogens is 196 g/mol. The molecule has 0 radical (unpaired) electrons. The molecule has 0 aliphatic rings. The Morgan fingerprint density at radius 1 is 1.00 bits per heavy atom. The van der Waals surface area contributed by atoms with Crippen molar-refractivity contribution in [1.29, 1.82) is 0 Å². The maximum absolute atomic E-state index is 5.45. The van der Waals surface area contributed by atoms with Gasteiger partial charge in [0, 0.05) is 19.4 Å². The van der Waals surface area contributed by atoms with Crippen LogP contribution in [0.5, 0.6) is 5.75 Å². The Hall–Kier alpha value is -0.843. The molecule has 0 spiro atoms. The summed E-state index contributed by atoms with van der Waals surface area (Å²) in [6, 6.07) is 7.79. The molecule has 0 bridgehead atoms. The smallest absolute Gasteiger partial charge is 0.372 e. The Labute approximate surface area is 85.9 Å². The van der Waals surface area contributed by atoms with Crippen LogP contribution in [-0.2, 0) is 8.85 Å². The van der Waals surface area contributed by atoms with Crippen LogP contribution in [0, 0.1) is 0 Å². The molecule has 1 rings (SSSR count). The van der Waals surface area contributed by atoms with Gasteiger partial charge in [-0.25, -0.2) is 0 Å². The SMILES string of the molecule is COc1ccccc1[Si](C)(OC)OC. The number of ether oxygens (including phenoxy) is 1. The molecule has 14 heavy (non-hydrogen) atoms.